The van der Waals surface area contributed by atoms with Crippen molar-refractivity contribution < 1.29 is 28.8 Å². The molecule has 3 aromatic carbocycles. The van der Waals surface area contributed by atoms with E-state index in [1.165, 1.54) is 0 Å². The Morgan fingerprint density at radius 1 is 0.873 bits per heavy atom. The summed E-state index contributed by atoms with van der Waals surface area (Å²) in [7, 11) is 6.57. The highest BCUT2D eigenvalue weighted by molar-refractivity contribution is 5.99. The number of carbonyl (C=O) groups is 1. The summed E-state index contributed by atoms with van der Waals surface area (Å²) in [6.45, 7) is 2.66. The maximum absolute atomic E-state index is 13.8. The molecule has 1 amide bonds. The number of benzene rings is 3. The molecular weight excluding hydrogens is 702 g/mol. The number of ether oxygens (including phenoxy) is 4. The summed E-state index contributed by atoms with van der Waals surface area (Å²) >= 11 is 0. The lowest BCUT2D eigenvalue weighted by molar-refractivity contribution is 0.0946. The average Bonchev–Trinajstić information content (AvgIpc) is 3.90. The van der Waals surface area contributed by atoms with Crippen LogP contribution in [0.1, 0.15) is 32.9 Å². The number of rotatable bonds is 15. The van der Waals surface area contributed by atoms with Crippen LogP contribution in [0, 0.1) is 6.92 Å². The monoisotopic (exact) mass is 743 g/mol. The molecule has 7 rings (SSSR count). The van der Waals surface area contributed by atoms with E-state index in [2.05, 4.69) is 10.4 Å². The molecule has 15 nitrogen and oxygen atoms in total. The van der Waals surface area contributed by atoms with Gasteiger partial charge in [-0.1, -0.05) is 42.5 Å². The van der Waals surface area contributed by atoms with Gasteiger partial charge >= 0.3 is 0 Å². The molecule has 0 saturated heterocycles. The van der Waals surface area contributed by atoms with E-state index in [9.17, 15) is 9.90 Å². The number of aromatic nitrogens is 8. The standard InChI is InChI=1S/C40H41N9O6/c1-25-37(55-24-27-9-7-6-8-10-27)36(49(46-25)17-18-50)39-45-44-38(48(39)23-26-11-14-29(52-3)15-12-26)35-31-22-42-47(2)33(31)20-32(43-35)40(51)41-21-28-13-16-30(53-4)19-34(28)54-5/h6-16,19-20,22,50H,17-18,21,23-24H2,1-5H3,(H,41,51). The molecule has 2 N–H and O–H groups in total. The Morgan fingerprint density at radius 3 is 2.35 bits per heavy atom. The molecule has 0 aliphatic carbocycles. The van der Waals surface area contributed by atoms with E-state index in [0.29, 0.717) is 69.2 Å². The first-order valence-corrected chi connectivity index (χ1v) is 17.6. The molecule has 0 saturated carbocycles. The normalized spacial score (nSPS) is 11.2. The highest BCUT2D eigenvalue weighted by Gasteiger charge is 2.28. The number of aryl methyl sites for hydroxylation is 2. The second-order valence-corrected chi connectivity index (χ2v) is 12.7. The number of methoxy groups -OCH3 is 3. The van der Waals surface area contributed by atoms with E-state index in [0.717, 1.165) is 16.7 Å². The molecule has 0 spiro atoms. The van der Waals surface area contributed by atoms with Crippen molar-refractivity contribution in [3.05, 3.63) is 113 Å². The third kappa shape index (κ3) is 7.55. The molecule has 7 aromatic rings. The van der Waals surface area contributed by atoms with Crippen LogP contribution in [0.4, 0.5) is 0 Å². The van der Waals surface area contributed by atoms with Crippen molar-refractivity contribution in [2.45, 2.75) is 33.2 Å². The number of amides is 1. The van der Waals surface area contributed by atoms with Gasteiger partial charge in [0.05, 0.1) is 52.7 Å². The fourth-order valence-electron chi connectivity index (χ4n) is 6.35. The van der Waals surface area contributed by atoms with E-state index in [1.54, 1.807) is 62.1 Å². The maximum Gasteiger partial charge on any atom is 0.270 e. The highest BCUT2D eigenvalue weighted by Crippen LogP contribution is 2.37. The van der Waals surface area contributed by atoms with Crippen molar-refractivity contribution in [1.82, 2.24) is 44.6 Å². The van der Waals surface area contributed by atoms with Gasteiger partial charge in [-0.05, 0) is 48.4 Å². The fourth-order valence-corrected chi connectivity index (χ4v) is 6.35. The molecule has 55 heavy (non-hydrogen) atoms. The highest BCUT2D eigenvalue weighted by atomic mass is 16.5. The summed E-state index contributed by atoms with van der Waals surface area (Å²) in [5.41, 5.74) is 5.07. The summed E-state index contributed by atoms with van der Waals surface area (Å²) in [5.74, 6) is 2.86. The zero-order chi connectivity index (χ0) is 38.5. The molecule has 0 atom stereocenters. The second-order valence-electron chi connectivity index (χ2n) is 12.7. The SMILES string of the molecule is COc1ccc(Cn2c(-c3nc(C(=O)NCc4ccc(OC)cc4OC)cc4c3cnn4C)nnc2-c2c(OCc3ccccc3)c(C)nn2CCO)cc1. The Kier molecular flexibility index (Phi) is 10.7. The Hall–Kier alpha value is -6.74. The van der Waals surface area contributed by atoms with E-state index in [-0.39, 0.29) is 32.0 Å². The first-order chi connectivity index (χ1) is 26.8. The lowest BCUT2D eigenvalue weighted by atomic mass is 10.1. The number of nitrogens with one attached hydrogen (secondary N) is 1. The van der Waals surface area contributed by atoms with Crippen LogP contribution in [0.25, 0.3) is 33.9 Å². The van der Waals surface area contributed by atoms with Crippen LogP contribution in [0.15, 0.2) is 85.1 Å². The molecule has 0 radical (unpaired) electrons. The number of pyridine rings is 1. The zero-order valence-corrected chi connectivity index (χ0v) is 31.2. The molecule has 0 aliphatic rings. The Morgan fingerprint density at radius 2 is 1.62 bits per heavy atom. The second kappa shape index (κ2) is 16.1. The zero-order valence-electron chi connectivity index (χ0n) is 31.2. The number of aliphatic hydroxyl groups excluding tert-OH is 1. The minimum atomic E-state index is -0.406. The summed E-state index contributed by atoms with van der Waals surface area (Å²) in [6.07, 6.45) is 1.70. The average molecular weight is 744 g/mol. The van der Waals surface area contributed by atoms with Crippen LogP contribution in [0.5, 0.6) is 23.0 Å². The van der Waals surface area contributed by atoms with Crippen molar-refractivity contribution in [2.24, 2.45) is 7.05 Å². The van der Waals surface area contributed by atoms with Crippen molar-refractivity contribution in [1.29, 1.82) is 0 Å². The molecule has 15 heteroatoms. The molecule has 4 heterocycles. The summed E-state index contributed by atoms with van der Waals surface area (Å²) in [6, 6.07) is 24.6. The molecule has 0 fully saturated rings. The summed E-state index contributed by atoms with van der Waals surface area (Å²) in [4.78, 5) is 18.8. The van der Waals surface area contributed by atoms with Gasteiger partial charge in [-0.15, -0.1) is 10.2 Å². The number of carbonyl (C=O) groups excluding carboxylic acids is 1. The van der Waals surface area contributed by atoms with Gasteiger partial charge in [0.1, 0.15) is 46.6 Å². The van der Waals surface area contributed by atoms with Gasteiger partial charge in [-0.3, -0.25) is 18.7 Å². The van der Waals surface area contributed by atoms with Crippen molar-refractivity contribution in [2.75, 3.05) is 27.9 Å². The van der Waals surface area contributed by atoms with Gasteiger partial charge < -0.3 is 29.4 Å². The lowest BCUT2D eigenvalue weighted by Gasteiger charge is -2.15. The smallest absolute Gasteiger partial charge is 0.270 e. The van der Waals surface area contributed by atoms with Crippen LogP contribution in [0.2, 0.25) is 0 Å². The quantitative estimate of drug-likeness (QED) is 0.146. The minimum absolute atomic E-state index is 0.159. The van der Waals surface area contributed by atoms with Gasteiger partial charge in [0.2, 0.25) is 0 Å². The Labute approximate surface area is 317 Å². The fraction of sp³-hybridized carbons (Fsp3) is 0.250. The van der Waals surface area contributed by atoms with E-state index in [4.69, 9.17) is 39.2 Å². The number of aliphatic hydroxyl groups is 1. The minimum Gasteiger partial charge on any atom is -0.497 e. The number of hydrogen-bond donors (Lipinski definition) is 2. The molecule has 0 unspecified atom stereocenters. The molecule has 0 bridgehead atoms. The van der Waals surface area contributed by atoms with Crippen LogP contribution in [-0.4, -0.2) is 78.3 Å². The molecule has 0 aliphatic heterocycles. The number of hydrogen-bond acceptors (Lipinski definition) is 11. The van der Waals surface area contributed by atoms with Gasteiger partial charge in [0.15, 0.2) is 17.4 Å². The first kappa shape index (κ1) is 36.6. The van der Waals surface area contributed by atoms with E-state index in [1.807, 2.05) is 72.2 Å². The van der Waals surface area contributed by atoms with Gasteiger partial charge in [0.25, 0.3) is 5.91 Å². The molecular formula is C40H41N9O6. The van der Waals surface area contributed by atoms with Crippen molar-refractivity contribution in [3.8, 4) is 46.0 Å². The maximum atomic E-state index is 13.8. The van der Waals surface area contributed by atoms with Crippen LogP contribution < -0.4 is 24.3 Å². The van der Waals surface area contributed by atoms with Gasteiger partial charge in [0, 0.05) is 30.6 Å². The Bertz CT molecular complexity index is 2440. The number of nitrogens with zero attached hydrogens (tertiary/aromatic N) is 8. The molecule has 282 valence electrons. The van der Waals surface area contributed by atoms with E-state index < -0.39 is 5.91 Å². The molecule has 4 aromatic heterocycles. The predicted molar refractivity (Wildman–Crippen MR) is 204 cm³/mol. The van der Waals surface area contributed by atoms with Crippen molar-refractivity contribution >= 4 is 16.8 Å². The van der Waals surface area contributed by atoms with Crippen LogP contribution >= 0.6 is 0 Å². The lowest BCUT2D eigenvalue weighted by Crippen LogP contribution is -2.24. The van der Waals surface area contributed by atoms with Gasteiger partial charge in [-0.2, -0.15) is 10.2 Å². The van der Waals surface area contributed by atoms with Crippen LogP contribution in [-0.2, 0) is 33.3 Å². The summed E-state index contributed by atoms with van der Waals surface area (Å²) < 4.78 is 28.0. The third-order valence-electron chi connectivity index (χ3n) is 9.20. The predicted octanol–water partition coefficient (Wildman–Crippen LogP) is 4.97. The van der Waals surface area contributed by atoms with Crippen molar-refractivity contribution in [3.63, 3.8) is 0 Å². The third-order valence-corrected chi connectivity index (χ3v) is 9.20. The largest absolute Gasteiger partial charge is 0.497 e. The summed E-state index contributed by atoms with van der Waals surface area (Å²) in [5, 5.41) is 32.4. The first-order valence-electron chi connectivity index (χ1n) is 17.6. The Balaban J connectivity index is 1.34. The van der Waals surface area contributed by atoms with E-state index >= 15 is 0 Å². The number of fused-ring (bicyclic) bond motifs is 1. The van der Waals surface area contributed by atoms with Gasteiger partial charge in [-0.25, -0.2) is 4.98 Å². The topological polar surface area (TPSA) is 165 Å². The van der Waals surface area contributed by atoms with Crippen LogP contribution in [0.3, 0.4) is 0 Å².